The molecule has 2 N–H and O–H groups in total. The summed E-state index contributed by atoms with van der Waals surface area (Å²) < 4.78 is 23.2. The molecule has 1 aromatic carbocycles. The van der Waals surface area contributed by atoms with Crippen LogP contribution in [0.1, 0.15) is 38.1 Å². The minimum absolute atomic E-state index is 0.0519. The Bertz CT molecular complexity index is 703. The molecule has 0 aromatic heterocycles. The Balaban J connectivity index is 1.79. The van der Waals surface area contributed by atoms with Crippen LogP contribution in [0.2, 0.25) is 0 Å². The number of fused-ring (bicyclic) bond motifs is 1. The maximum atomic E-state index is 11.6. The van der Waals surface area contributed by atoms with E-state index < -0.39 is 36.4 Å². The Hall–Kier alpha value is -2.00. The van der Waals surface area contributed by atoms with Gasteiger partial charge in [-0.25, -0.2) is 0 Å². The van der Waals surface area contributed by atoms with Gasteiger partial charge in [0.05, 0.1) is 6.61 Å². The molecular formula is C19H25NO7. The van der Waals surface area contributed by atoms with E-state index >= 15 is 0 Å². The van der Waals surface area contributed by atoms with E-state index in [9.17, 15) is 14.7 Å². The number of aliphatic hydroxyl groups is 1. The lowest BCUT2D eigenvalue weighted by Gasteiger charge is -2.49. The zero-order chi connectivity index (χ0) is 19.8. The van der Waals surface area contributed by atoms with Crippen molar-refractivity contribution in [3.8, 4) is 5.75 Å². The molecule has 2 saturated heterocycles. The number of rotatable bonds is 4. The van der Waals surface area contributed by atoms with Crippen LogP contribution in [-0.2, 0) is 19.0 Å². The third-order valence-corrected chi connectivity index (χ3v) is 4.57. The first kappa shape index (κ1) is 19.8. The number of benzene rings is 1. The molecule has 3 rings (SSSR count). The minimum Gasteiger partial charge on any atom is -0.463 e. The number of carbonyl (C=O) groups is 2. The first-order valence-electron chi connectivity index (χ1n) is 8.86. The van der Waals surface area contributed by atoms with E-state index in [2.05, 4.69) is 5.32 Å². The molecule has 0 bridgehead atoms. The van der Waals surface area contributed by atoms with Gasteiger partial charge in [-0.05, 0) is 45.0 Å². The van der Waals surface area contributed by atoms with E-state index in [4.69, 9.17) is 18.9 Å². The van der Waals surface area contributed by atoms with E-state index in [1.807, 2.05) is 0 Å². The lowest BCUT2D eigenvalue weighted by molar-refractivity contribution is -0.361. The van der Waals surface area contributed by atoms with Gasteiger partial charge in [-0.15, -0.1) is 0 Å². The summed E-state index contributed by atoms with van der Waals surface area (Å²) in [5.41, 5.74) is 0.557. The van der Waals surface area contributed by atoms with Crippen LogP contribution in [0.3, 0.4) is 0 Å². The van der Waals surface area contributed by atoms with Gasteiger partial charge in [-0.1, -0.05) is 0 Å². The molecule has 2 aliphatic heterocycles. The van der Waals surface area contributed by atoms with E-state index in [1.165, 1.54) is 13.8 Å². The molecule has 8 heteroatoms. The van der Waals surface area contributed by atoms with Crippen LogP contribution in [-0.4, -0.2) is 59.8 Å². The predicted octanol–water partition coefficient (Wildman–Crippen LogP) is 1.01. The van der Waals surface area contributed by atoms with Gasteiger partial charge in [0.25, 0.3) is 0 Å². The van der Waals surface area contributed by atoms with E-state index in [-0.39, 0.29) is 18.3 Å². The van der Waals surface area contributed by atoms with Gasteiger partial charge < -0.3 is 29.4 Å². The second kappa shape index (κ2) is 7.55. The molecule has 0 spiro atoms. The molecule has 1 amide bonds. The average Bonchev–Trinajstić information content (AvgIpc) is 2.59. The van der Waals surface area contributed by atoms with Crippen molar-refractivity contribution in [2.24, 2.45) is 0 Å². The van der Waals surface area contributed by atoms with Crippen LogP contribution in [0.4, 0.5) is 0 Å². The molecule has 0 aliphatic carbocycles. The van der Waals surface area contributed by atoms with Gasteiger partial charge in [0.2, 0.25) is 12.2 Å². The van der Waals surface area contributed by atoms with Crippen LogP contribution in [0.15, 0.2) is 24.3 Å². The fourth-order valence-electron chi connectivity index (χ4n) is 3.24. The van der Waals surface area contributed by atoms with Gasteiger partial charge >= 0.3 is 0 Å². The molecule has 148 valence electrons. The molecule has 2 heterocycles. The number of Topliss-reactive ketones (excluding diaryl/α,β-unsaturated/α-hetero) is 1. The summed E-state index contributed by atoms with van der Waals surface area (Å²) in [6.07, 6.45) is -3.19. The van der Waals surface area contributed by atoms with Crippen LogP contribution in [0, 0.1) is 0 Å². The molecule has 2 fully saturated rings. The molecule has 1 aromatic rings. The molecule has 0 saturated carbocycles. The number of hydrogen-bond acceptors (Lipinski definition) is 7. The molecule has 5 atom stereocenters. The Labute approximate surface area is 157 Å². The maximum Gasteiger partial charge on any atom is 0.223 e. The summed E-state index contributed by atoms with van der Waals surface area (Å²) in [5, 5.41) is 13.5. The zero-order valence-electron chi connectivity index (χ0n) is 15.8. The molecule has 27 heavy (non-hydrogen) atoms. The quantitative estimate of drug-likeness (QED) is 0.753. The second-order valence-electron chi connectivity index (χ2n) is 7.25. The summed E-state index contributed by atoms with van der Waals surface area (Å²) in [6, 6.07) is 5.73. The van der Waals surface area contributed by atoms with Crippen molar-refractivity contribution >= 4 is 11.7 Å². The fourth-order valence-corrected chi connectivity index (χ4v) is 3.24. The Morgan fingerprint density at radius 3 is 2.48 bits per heavy atom. The normalized spacial score (nSPS) is 32.3. The number of ether oxygens (including phenoxy) is 4. The Kier molecular flexibility index (Phi) is 5.53. The average molecular weight is 379 g/mol. The standard InChI is InChI=1S/C19H25NO7/c1-10(21)12-5-7-13(8-6-12)25-18-15(20-11(2)22)16(23)17-14(26-18)9-24-19(3,4)27-17/h5-8,14-18,23H,9H2,1-4H3,(H,20,22)/t14-,15-,16-,17-,18+/m0/s1. The van der Waals surface area contributed by atoms with Crippen molar-refractivity contribution in [1.82, 2.24) is 5.32 Å². The number of ketones is 1. The second-order valence-corrected chi connectivity index (χ2v) is 7.25. The highest BCUT2D eigenvalue weighted by atomic mass is 16.8. The van der Waals surface area contributed by atoms with Crippen molar-refractivity contribution < 1.29 is 33.6 Å². The SMILES string of the molecule is CC(=O)N[C@@H]1[C@H](Oc2ccc(C(C)=O)cc2)O[C@H]2COC(C)(C)O[C@@H]2[C@H]1O. The highest BCUT2D eigenvalue weighted by Crippen LogP contribution is 2.33. The van der Waals surface area contributed by atoms with Crippen molar-refractivity contribution in [3.63, 3.8) is 0 Å². The Morgan fingerprint density at radius 2 is 1.89 bits per heavy atom. The van der Waals surface area contributed by atoms with E-state index in [0.717, 1.165) is 0 Å². The summed E-state index contributed by atoms with van der Waals surface area (Å²) >= 11 is 0. The van der Waals surface area contributed by atoms with Crippen molar-refractivity contribution in [2.45, 2.75) is 64.1 Å². The smallest absolute Gasteiger partial charge is 0.223 e. The highest BCUT2D eigenvalue weighted by molar-refractivity contribution is 5.94. The topological polar surface area (TPSA) is 103 Å². The largest absolute Gasteiger partial charge is 0.463 e. The predicted molar refractivity (Wildman–Crippen MR) is 94.3 cm³/mol. The van der Waals surface area contributed by atoms with Crippen molar-refractivity contribution in [3.05, 3.63) is 29.8 Å². The van der Waals surface area contributed by atoms with Crippen LogP contribution >= 0.6 is 0 Å². The van der Waals surface area contributed by atoms with Crippen LogP contribution < -0.4 is 10.1 Å². The summed E-state index contributed by atoms with van der Waals surface area (Å²) in [6.45, 7) is 6.57. The molecule has 0 unspecified atom stereocenters. The number of aliphatic hydroxyl groups excluding tert-OH is 1. The first-order valence-corrected chi connectivity index (χ1v) is 8.86. The van der Waals surface area contributed by atoms with Gasteiger partial charge in [-0.3, -0.25) is 9.59 Å². The zero-order valence-corrected chi connectivity index (χ0v) is 15.8. The molecule has 2 aliphatic rings. The van der Waals surface area contributed by atoms with Crippen LogP contribution in [0.5, 0.6) is 5.75 Å². The van der Waals surface area contributed by atoms with Gasteiger partial charge in [-0.2, -0.15) is 0 Å². The highest BCUT2D eigenvalue weighted by Gasteiger charge is 2.52. The van der Waals surface area contributed by atoms with E-state index in [0.29, 0.717) is 11.3 Å². The third-order valence-electron chi connectivity index (χ3n) is 4.57. The van der Waals surface area contributed by atoms with E-state index in [1.54, 1.807) is 38.1 Å². The Morgan fingerprint density at radius 1 is 1.22 bits per heavy atom. The minimum atomic E-state index is -1.04. The van der Waals surface area contributed by atoms with Gasteiger partial charge in [0, 0.05) is 12.5 Å². The number of hydrogen-bond donors (Lipinski definition) is 2. The monoisotopic (exact) mass is 379 g/mol. The molecule has 0 radical (unpaired) electrons. The van der Waals surface area contributed by atoms with Gasteiger partial charge in [0.15, 0.2) is 11.6 Å². The lowest BCUT2D eigenvalue weighted by atomic mass is 9.95. The fraction of sp³-hybridized carbons (Fsp3) is 0.579. The van der Waals surface area contributed by atoms with Crippen molar-refractivity contribution in [1.29, 1.82) is 0 Å². The maximum absolute atomic E-state index is 11.6. The number of amides is 1. The third kappa shape index (κ3) is 4.47. The summed E-state index contributed by atoms with van der Waals surface area (Å²) in [4.78, 5) is 23.0. The van der Waals surface area contributed by atoms with Gasteiger partial charge in [0.1, 0.15) is 30.1 Å². The summed E-state index contributed by atoms with van der Waals surface area (Å²) in [5.74, 6) is -0.788. The summed E-state index contributed by atoms with van der Waals surface area (Å²) in [7, 11) is 0. The lowest BCUT2D eigenvalue weighted by Crippen LogP contribution is -2.69. The van der Waals surface area contributed by atoms with Crippen LogP contribution in [0.25, 0.3) is 0 Å². The number of carbonyl (C=O) groups excluding carboxylic acids is 2. The number of nitrogens with one attached hydrogen (secondary N) is 1. The molecular weight excluding hydrogens is 354 g/mol. The van der Waals surface area contributed by atoms with Crippen molar-refractivity contribution in [2.75, 3.05) is 6.61 Å². The first-order chi connectivity index (χ1) is 12.7. The molecule has 8 nitrogen and oxygen atoms in total.